The molecule has 1 aliphatic heterocycles. The van der Waals surface area contributed by atoms with Crippen LogP contribution in [0.5, 0.6) is 5.75 Å². The number of hydrogen-bond acceptors (Lipinski definition) is 3. The molecular weight excluding hydrogens is 268 g/mol. The highest BCUT2D eigenvalue weighted by molar-refractivity contribution is 5.90. The van der Waals surface area contributed by atoms with E-state index in [1.807, 2.05) is 17.9 Å². The molecule has 1 heterocycles. The number of benzene rings is 1. The minimum atomic E-state index is -0.0113. The second-order valence-corrected chi connectivity index (χ2v) is 5.20. The summed E-state index contributed by atoms with van der Waals surface area (Å²) in [5.41, 5.74) is 0.694. The van der Waals surface area contributed by atoms with Gasteiger partial charge in [0.05, 0.1) is 0 Å². The number of nitrogens with zero attached hydrogens (tertiary/aromatic N) is 1. The van der Waals surface area contributed by atoms with Gasteiger partial charge >= 0.3 is 0 Å². The maximum atomic E-state index is 11.9. The van der Waals surface area contributed by atoms with Crippen molar-refractivity contribution < 1.29 is 14.3 Å². The van der Waals surface area contributed by atoms with Gasteiger partial charge in [-0.15, -0.1) is 0 Å². The zero-order chi connectivity index (χ0) is 15.1. The first-order valence-corrected chi connectivity index (χ1v) is 7.49. The van der Waals surface area contributed by atoms with Crippen molar-refractivity contribution in [2.75, 3.05) is 25.0 Å². The Morgan fingerprint density at radius 2 is 2.05 bits per heavy atom. The first-order chi connectivity index (χ1) is 10.2. The van der Waals surface area contributed by atoms with E-state index in [0.29, 0.717) is 17.9 Å². The molecule has 1 aliphatic rings. The summed E-state index contributed by atoms with van der Waals surface area (Å²) >= 11 is 0. The molecule has 0 saturated carbocycles. The third kappa shape index (κ3) is 4.77. The summed E-state index contributed by atoms with van der Waals surface area (Å²) in [6, 6.07) is 7.14. The molecule has 1 fully saturated rings. The zero-order valence-corrected chi connectivity index (χ0v) is 12.4. The van der Waals surface area contributed by atoms with Gasteiger partial charge in [0.2, 0.25) is 5.91 Å². The number of hydrogen-bond donors (Lipinski definition) is 1. The topological polar surface area (TPSA) is 58.6 Å². The lowest BCUT2D eigenvalue weighted by molar-refractivity contribution is -0.132. The minimum Gasteiger partial charge on any atom is -0.484 e. The second kappa shape index (κ2) is 7.67. The van der Waals surface area contributed by atoms with Crippen molar-refractivity contribution in [3.8, 4) is 5.75 Å². The Balaban J connectivity index is 1.85. The number of rotatable bonds is 6. The number of anilines is 1. The van der Waals surface area contributed by atoms with Crippen molar-refractivity contribution in [1.82, 2.24) is 4.90 Å². The van der Waals surface area contributed by atoms with Crippen LogP contribution in [0.1, 0.15) is 32.6 Å². The van der Waals surface area contributed by atoms with Crippen molar-refractivity contribution in [3.63, 3.8) is 0 Å². The summed E-state index contributed by atoms with van der Waals surface area (Å²) in [5.74, 6) is 0.604. The molecule has 2 amide bonds. The predicted molar refractivity (Wildman–Crippen MR) is 81.3 cm³/mol. The molecule has 1 saturated heterocycles. The summed E-state index contributed by atoms with van der Waals surface area (Å²) < 4.78 is 5.52. The highest BCUT2D eigenvalue weighted by Crippen LogP contribution is 2.18. The van der Waals surface area contributed by atoms with Crippen LogP contribution in [0, 0.1) is 0 Å². The van der Waals surface area contributed by atoms with Crippen LogP contribution in [0.15, 0.2) is 24.3 Å². The predicted octanol–water partition coefficient (Wildman–Crippen LogP) is 2.43. The van der Waals surface area contributed by atoms with E-state index in [4.69, 9.17) is 4.74 Å². The molecule has 1 aromatic carbocycles. The molecule has 0 aromatic heterocycles. The second-order valence-electron chi connectivity index (χ2n) is 5.20. The molecule has 2 rings (SSSR count). The third-order valence-electron chi connectivity index (χ3n) is 3.42. The molecule has 1 aromatic rings. The van der Waals surface area contributed by atoms with Gasteiger partial charge < -0.3 is 15.0 Å². The van der Waals surface area contributed by atoms with E-state index in [2.05, 4.69) is 5.32 Å². The average Bonchev–Trinajstić information content (AvgIpc) is 2.99. The maximum Gasteiger partial charge on any atom is 0.260 e. The summed E-state index contributed by atoms with van der Waals surface area (Å²) in [4.78, 5) is 25.3. The van der Waals surface area contributed by atoms with Gasteiger partial charge in [-0.2, -0.15) is 0 Å². The summed E-state index contributed by atoms with van der Waals surface area (Å²) in [7, 11) is 0. The molecule has 21 heavy (non-hydrogen) atoms. The molecule has 5 heteroatoms. The Labute approximate surface area is 125 Å². The van der Waals surface area contributed by atoms with Crippen LogP contribution in [0.4, 0.5) is 5.69 Å². The van der Waals surface area contributed by atoms with Crippen molar-refractivity contribution >= 4 is 17.5 Å². The molecule has 0 radical (unpaired) electrons. The molecule has 0 bridgehead atoms. The van der Waals surface area contributed by atoms with E-state index in [-0.39, 0.29) is 18.4 Å². The third-order valence-corrected chi connectivity index (χ3v) is 3.42. The fourth-order valence-corrected chi connectivity index (χ4v) is 2.32. The molecule has 0 unspecified atom stereocenters. The van der Waals surface area contributed by atoms with Gasteiger partial charge in [0.15, 0.2) is 6.61 Å². The monoisotopic (exact) mass is 290 g/mol. The molecule has 0 spiro atoms. The Morgan fingerprint density at radius 1 is 1.29 bits per heavy atom. The molecule has 1 N–H and O–H groups in total. The van der Waals surface area contributed by atoms with E-state index < -0.39 is 0 Å². The van der Waals surface area contributed by atoms with Gasteiger partial charge in [-0.05, 0) is 31.4 Å². The standard InChI is InChI=1S/C16H22N2O3/c1-2-6-15(19)17-13-7-5-8-14(11-13)21-12-16(20)18-9-3-4-10-18/h5,7-8,11H,2-4,6,9-10,12H2,1H3,(H,17,19). The van der Waals surface area contributed by atoms with Gasteiger partial charge in [0, 0.05) is 31.3 Å². The lowest BCUT2D eigenvalue weighted by atomic mass is 10.2. The van der Waals surface area contributed by atoms with Gasteiger partial charge in [0.25, 0.3) is 5.91 Å². The fourth-order valence-electron chi connectivity index (χ4n) is 2.32. The van der Waals surface area contributed by atoms with Crippen LogP contribution in [0.3, 0.4) is 0 Å². The molecule has 0 aliphatic carbocycles. The normalized spacial score (nSPS) is 14.0. The highest BCUT2D eigenvalue weighted by atomic mass is 16.5. The summed E-state index contributed by atoms with van der Waals surface area (Å²) in [5, 5.41) is 2.81. The van der Waals surface area contributed by atoms with Gasteiger partial charge in [0.1, 0.15) is 5.75 Å². The van der Waals surface area contributed by atoms with Crippen molar-refractivity contribution in [3.05, 3.63) is 24.3 Å². The van der Waals surface area contributed by atoms with Crippen LogP contribution in [-0.2, 0) is 9.59 Å². The Hall–Kier alpha value is -2.04. The van der Waals surface area contributed by atoms with Crippen molar-refractivity contribution in [2.45, 2.75) is 32.6 Å². The van der Waals surface area contributed by atoms with E-state index in [0.717, 1.165) is 32.4 Å². The van der Waals surface area contributed by atoms with Crippen LogP contribution in [0.2, 0.25) is 0 Å². The van der Waals surface area contributed by atoms with E-state index in [1.165, 1.54) is 0 Å². The largest absolute Gasteiger partial charge is 0.484 e. The van der Waals surface area contributed by atoms with Gasteiger partial charge in [-0.3, -0.25) is 9.59 Å². The minimum absolute atomic E-state index is 0.0113. The molecule has 0 atom stereocenters. The number of carbonyl (C=O) groups is 2. The first-order valence-electron chi connectivity index (χ1n) is 7.49. The van der Waals surface area contributed by atoms with E-state index in [1.54, 1.807) is 18.2 Å². The fraction of sp³-hybridized carbons (Fsp3) is 0.500. The van der Waals surface area contributed by atoms with E-state index >= 15 is 0 Å². The van der Waals surface area contributed by atoms with Crippen molar-refractivity contribution in [2.24, 2.45) is 0 Å². The van der Waals surface area contributed by atoms with Crippen LogP contribution < -0.4 is 10.1 Å². The number of amides is 2. The number of carbonyl (C=O) groups excluding carboxylic acids is 2. The lowest BCUT2D eigenvalue weighted by Gasteiger charge is -2.15. The first kappa shape index (κ1) is 15.4. The van der Waals surface area contributed by atoms with Gasteiger partial charge in [-0.25, -0.2) is 0 Å². The Morgan fingerprint density at radius 3 is 2.76 bits per heavy atom. The molecular formula is C16H22N2O3. The smallest absolute Gasteiger partial charge is 0.260 e. The summed E-state index contributed by atoms with van der Waals surface area (Å²) in [6.07, 6.45) is 3.46. The van der Waals surface area contributed by atoms with Crippen molar-refractivity contribution in [1.29, 1.82) is 0 Å². The highest BCUT2D eigenvalue weighted by Gasteiger charge is 2.18. The molecule has 5 nitrogen and oxygen atoms in total. The van der Waals surface area contributed by atoms with Gasteiger partial charge in [-0.1, -0.05) is 13.0 Å². The quantitative estimate of drug-likeness (QED) is 0.875. The number of nitrogens with one attached hydrogen (secondary N) is 1. The van der Waals surface area contributed by atoms with Crippen LogP contribution in [-0.4, -0.2) is 36.4 Å². The van der Waals surface area contributed by atoms with Crippen LogP contribution in [0.25, 0.3) is 0 Å². The SMILES string of the molecule is CCCC(=O)Nc1cccc(OCC(=O)N2CCCC2)c1. The van der Waals surface area contributed by atoms with Crippen LogP contribution >= 0.6 is 0 Å². The molecule has 114 valence electrons. The van der Waals surface area contributed by atoms with E-state index in [9.17, 15) is 9.59 Å². The maximum absolute atomic E-state index is 11.9. The summed E-state index contributed by atoms with van der Waals surface area (Å²) in [6.45, 7) is 3.67. The number of likely N-dealkylation sites (tertiary alicyclic amines) is 1. The number of ether oxygens (including phenoxy) is 1. The Bertz CT molecular complexity index is 496. The zero-order valence-electron chi connectivity index (χ0n) is 12.4. The lowest BCUT2D eigenvalue weighted by Crippen LogP contribution is -2.32. The average molecular weight is 290 g/mol. The Kier molecular flexibility index (Phi) is 5.60.